The summed E-state index contributed by atoms with van der Waals surface area (Å²) in [5, 5.41) is 22.5. The Morgan fingerprint density at radius 1 is 1.29 bits per heavy atom. The number of H-pyrrole nitrogens is 1. The highest BCUT2D eigenvalue weighted by Gasteiger charge is 2.46. The summed E-state index contributed by atoms with van der Waals surface area (Å²) in [5.41, 5.74) is -0.163. The minimum Gasteiger partial charge on any atom is -0.354 e. The zero-order chi connectivity index (χ0) is 20.0. The number of rotatable bonds is 3. The van der Waals surface area contributed by atoms with Crippen molar-refractivity contribution in [1.29, 1.82) is 0 Å². The first-order chi connectivity index (χ1) is 13.3. The molecule has 148 valence electrons. The fourth-order valence-corrected chi connectivity index (χ4v) is 3.56. The number of hydroxylamine groups is 2. The molecule has 4 atom stereocenters. The summed E-state index contributed by atoms with van der Waals surface area (Å²) in [6.07, 6.45) is -0.201. The van der Waals surface area contributed by atoms with Crippen molar-refractivity contribution in [2.75, 3.05) is 6.61 Å². The summed E-state index contributed by atoms with van der Waals surface area (Å²) in [6.45, 7) is 1.76. The van der Waals surface area contributed by atoms with Gasteiger partial charge in [-0.3, -0.25) is 24.5 Å². The van der Waals surface area contributed by atoms with Crippen LogP contribution in [0.4, 0.5) is 5.69 Å². The molecule has 0 amide bonds. The second kappa shape index (κ2) is 6.95. The van der Waals surface area contributed by atoms with Crippen LogP contribution in [-0.2, 0) is 9.47 Å². The maximum Gasteiger partial charge on any atom is 0.330 e. The standard InChI is InChI=1S/C17H18N4O7/c1-9-7-19(17(23)18-15(9)22)14-6-12-13(28-14)8-27-16(20(12)24)10-2-4-11(5-3-10)21(25)26/h2-5,7,12-14,16,24H,6,8H2,1H3,(H,18,22,23)/t12-,13-,14-,16?/m1/s1. The molecule has 2 aliphatic heterocycles. The molecule has 3 heterocycles. The van der Waals surface area contributed by atoms with Crippen molar-refractivity contribution in [3.63, 3.8) is 0 Å². The van der Waals surface area contributed by atoms with Crippen molar-refractivity contribution in [1.82, 2.24) is 14.6 Å². The van der Waals surface area contributed by atoms with Gasteiger partial charge in [0.05, 0.1) is 17.6 Å². The van der Waals surface area contributed by atoms with E-state index in [4.69, 9.17) is 9.47 Å². The quantitative estimate of drug-likeness (QED) is 0.580. The number of nitrogens with one attached hydrogen (secondary N) is 1. The molecule has 28 heavy (non-hydrogen) atoms. The molecule has 0 bridgehead atoms. The molecular formula is C17H18N4O7. The van der Waals surface area contributed by atoms with Gasteiger partial charge >= 0.3 is 5.69 Å². The zero-order valence-electron chi connectivity index (χ0n) is 14.8. The predicted octanol–water partition coefficient (Wildman–Crippen LogP) is 0.830. The van der Waals surface area contributed by atoms with E-state index in [-0.39, 0.29) is 12.3 Å². The average Bonchev–Trinajstić information content (AvgIpc) is 3.10. The fourth-order valence-electron chi connectivity index (χ4n) is 3.56. The molecular weight excluding hydrogens is 372 g/mol. The number of fused-ring (bicyclic) bond motifs is 1. The second-order valence-electron chi connectivity index (χ2n) is 6.83. The van der Waals surface area contributed by atoms with Gasteiger partial charge in [0.1, 0.15) is 12.3 Å². The van der Waals surface area contributed by atoms with Crippen molar-refractivity contribution in [2.45, 2.75) is 37.9 Å². The minimum absolute atomic E-state index is 0.0565. The van der Waals surface area contributed by atoms with Gasteiger partial charge in [0.2, 0.25) is 0 Å². The van der Waals surface area contributed by atoms with E-state index in [1.807, 2.05) is 0 Å². The second-order valence-corrected chi connectivity index (χ2v) is 6.83. The summed E-state index contributed by atoms with van der Waals surface area (Å²) in [4.78, 5) is 36.2. The highest BCUT2D eigenvalue weighted by atomic mass is 16.6. The Morgan fingerprint density at radius 2 is 2.00 bits per heavy atom. The number of benzene rings is 1. The van der Waals surface area contributed by atoms with Crippen LogP contribution in [0.3, 0.4) is 0 Å². The zero-order valence-corrected chi connectivity index (χ0v) is 14.8. The molecule has 1 aromatic heterocycles. The van der Waals surface area contributed by atoms with E-state index >= 15 is 0 Å². The molecule has 11 nitrogen and oxygen atoms in total. The summed E-state index contributed by atoms with van der Waals surface area (Å²) >= 11 is 0. The molecule has 0 radical (unpaired) electrons. The molecule has 1 unspecified atom stereocenters. The molecule has 2 saturated heterocycles. The van der Waals surface area contributed by atoms with Gasteiger partial charge in [-0.15, -0.1) is 0 Å². The number of nitrogens with zero attached hydrogens (tertiary/aromatic N) is 3. The summed E-state index contributed by atoms with van der Waals surface area (Å²) in [7, 11) is 0. The highest BCUT2D eigenvalue weighted by Crippen LogP contribution is 2.39. The Balaban J connectivity index is 1.55. The van der Waals surface area contributed by atoms with Crippen LogP contribution in [0.2, 0.25) is 0 Å². The Bertz CT molecular complexity index is 1020. The van der Waals surface area contributed by atoms with Crippen LogP contribution in [-0.4, -0.2) is 43.5 Å². The highest BCUT2D eigenvalue weighted by molar-refractivity contribution is 5.33. The maximum absolute atomic E-state index is 12.1. The monoisotopic (exact) mass is 390 g/mol. The van der Waals surface area contributed by atoms with Crippen molar-refractivity contribution < 1.29 is 19.6 Å². The summed E-state index contributed by atoms with van der Waals surface area (Å²) < 4.78 is 12.8. The van der Waals surface area contributed by atoms with Crippen LogP contribution in [0.15, 0.2) is 40.1 Å². The van der Waals surface area contributed by atoms with Gasteiger partial charge < -0.3 is 14.7 Å². The number of nitro benzene ring substituents is 1. The van der Waals surface area contributed by atoms with Crippen LogP contribution in [0.1, 0.15) is 30.0 Å². The van der Waals surface area contributed by atoms with Crippen LogP contribution in [0.5, 0.6) is 0 Å². The van der Waals surface area contributed by atoms with Crippen LogP contribution in [0, 0.1) is 17.0 Å². The van der Waals surface area contributed by atoms with Crippen LogP contribution < -0.4 is 11.2 Å². The SMILES string of the molecule is Cc1cn([C@H]2C[C@@H]3[C@@H](COC(c4ccc([N+](=O)[O-])cc4)N3O)O2)c(=O)[nH]c1=O. The topological polar surface area (TPSA) is 140 Å². The first-order valence-corrected chi connectivity index (χ1v) is 8.66. The molecule has 2 fully saturated rings. The molecule has 2 N–H and O–H groups in total. The van der Waals surface area contributed by atoms with Gasteiger partial charge in [0, 0.05) is 30.3 Å². The Labute approximate surface area is 157 Å². The molecule has 0 spiro atoms. The molecule has 1 aromatic carbocycles. The predicted molar refractivity (Wildman–Crippen MR) is 93.8 cm³/mol. The number of nitro groups is 1. The number of aromatic amines is 1. The van der Waals surface area contributed by atoms with Crippen molar-refractivity contribution in [3.8, 4) is 0 Å². The number of hydrogen-bond donors (Lipinski definition) is 2. The molecule has 0 saturated carbocycles. The number of aromatic nitrogens is 2. The van der Waals surface area contributed by atoms with Gasteiger partial charge in [-0.25, -0.2) is 4.79 Å². The lowest BCUT2D eigenvalue weighted by Gasteiger charge is -2.38. The molecule has 11 heteroatoms. The van der Waals surface area contributed by atoms with E-state index in [9.17, 15) is 24.9 Å². The van der Waals surface area contributed by atoms with E-state index in [0.717, 1.165) is 5.06 Å². The van der Waals surface area contributed by atoms with Gasteiger partial charge in [-0.2, -0.15) is 5.06 Å². The van der Waals surface area contributed by atoms with E-state index in [0.29, 0.717) is 17.5 Å². The minimum atomic E-state index is -0.807. The molecule has 2 aromatic rings. The van der Waals surface area contributed by atoms with Gasteiger partial charge in [-0.05, 0) is 24.6 Å². The Kier molecular flexibility index (Phi) is 4.59. The first-order valence-electron chi connectivity index (χ1n) is 8.66. The third-order valence-electron chi connectivity index (χ3n) is 5.05. The number of non-ortho nitro benzene ring substituents is 1. The van der Waals surface area contributed by atoms with Crippen molar-refractivity contribution in [3.05, 3.63) is 72.5 Å². The summed E-state index contributed by atoms with van der Waals surface area (Å²) in [6, 6.07) is 5.29. The normalized spacial score (nSPS) is 27.5. The van der Waals surface area contributed by atoms with E-state index in [1.54, 1.807) is 6.92 Å². The third-order valence-corrected chi connectivity index (χ3v) is 5.05. The lowest BCUT2D eigenvalue weighted by atomic mass is 10.1. The van der Waals surface area contributed by atoms with E-state index in [2.05, 4.69) is 4.98 Å². The maximum atomic E-state index is 12.1. The smallest absolute Gasteiger partial charge is 0.330 e. The van der Waals surface area contributed by atoms with Crippen LogP contribution in [0.25, 0.3) is 0 Å². The number of aryl methyl sites for hydroxylation is 1. The van der Waals surface area contributed by atoms with Crippen molar-refractivity contribution in [2.24, 2.45) is 0 Å². The van der Waals surface area contributed by atoms with Crippen LogP contribution >= 0.6 is 0 Å². The molecule has 4 rings (SSSR count). The lowest BCUT2D eigenvalue weighted by molar-refractivity contribution is -0.384. The number of ether oxygens (including phenoxy) is 2. The van der Waals surface area contributed by atoms with E-state index < -0.39 is 40.8 Å². The van der Waals surface area contributed by atoms with Gasteiger partial charge in [0.15, 0.2) is 6.23 Å². The molecule has 0 aliphatic carbocycles. The van der Waals surface area contributed by atoms with Gasteiger partial charge in [0.25, 0.3) is 11.2 Å². The van der Waals surface area contributed by atoms with Gasteiger partial charge in [-0.1, -0.05) is 0 Å². The van der Waals surface area contributed by atoms with E-state index in [1.165, 1.54) is 35.0 Å². The number of hydrogen-bond acceptors (Lipinski definition) is 8. The Morgan fingerprint density at radius 3 is 2.68 bits per heavy atom. The Hall–Kier alpha value is -2.86. The summed E-state index contributed by atoms with van der Waals surface area (Å²) in [5.74, 6) is 0. The fraction of sp³-hybridized carbons (Fsp3) is 0.412. The third kappa shape index (κ3) is 3.14. The average molecular weight is 390 g/mol. The largest absolute Gasteiger partial charge is 0.354 e. The lowest BCUT2D eigenvalue weighted by Crippen LogP contribution is -2.49. The van der Waals surface area contributed by atoms with Crippen molar-refractivity contribution >= 4 is 5.69 Å². The molecule has 2 aliphatic rings. The first kappa shape index (κ1) is 18.5.